The summed E-state index contributed by atoms with van der Waals surface area (Å²) >= 11 is 5.60. The molecule has 0 aliphatic carbocycles. The van der Waals surface area contributed by atoms with Gasteiger partial charge in [-0.15, -0.1) is 0 Å². The van der Waals surface area contributed by atoms with Gasteiger partial charge < -0.3 is 15.0 Å². The zero-order valence-electron chi connectivity index (χ0n) is 16.7. The highest BCUT2D eigenvalue weighted by molar-refractivity contribution is 7.80. The third kappa shape index (κ3) is 3.94. The summed E-state index contributed by atoms with van der Waals surface area (Å²) in [4.78, 5) is 15.5. The highest BCUT2D eigenvalue weighted by Crippen LogP contribution is 2.37. The Kier molecular flexibility index (Phi) is 6.15. The number of para-hydroxylation sites is 1. The smallest absolute Gasteiger partial charge is 0.193 e. The average Bonchev–Trinajstić information content (AvgIpc) is 2.68. The summed E-state index contributed by atoms with van der Waals surface area (Å²) in [5, 5.41) is 4.00. The molecule has 1 unspecified atom stereocenters. The van der Waals surface area contributed by atoms with Crippen LogP contribution in [-0.2, 0) is 0 Å². The second kappa shape index (κ2) is 8.57. The third-order valence-electron chi connectivity index (χ3n) is 4.79. The minimum absolute atomic E-state index is 0.00380. The van der Waals surface area contributed by atoms with Crippen molar-refractivity contribution in [3.63, 3.8) is 0 Å². The molecule has 0 fully saturated rings. The number of Topliss-reactive ketones (excluding diaryl/α,β-unsaturated/α-hetero) is 1. The number of nitrogens with zero attached hydrogens (tertiary/aromatic N) is 1. The molecule has 2 aromatic rings. The van der Waals surface area contributed by atoms with Crippen molar-refractivity contribution in [3.8, 4) is 5.75 Å². The number of carbonyl (C=O) groups is 1. The lowest BCUT2D eigenvalue weighted by Gasteiger charge is -2.38. The first-order chi connectivity index (χ1) is 13.4. The summed E-state index contributed by atoms with van der Waals surface area (Å²) in [6, 6.07) is 16.8. The Morgan fingerprint density at radius 2 is 1.79 bits per heavy atom. The number of carbonyl (C=O) groups excluding carboxylic acids is 1. The van der Waals surface area contributed by atoms with Gasteiger partial charge in [0.25, 0.3) is 0 Å². The quantitative estimate of drug-likeness (QED) is 0.558. The number of thiocarbonyl (C=S) groups is 1. The van der Waals surface area contributed by atoms with Gasteiger partial charge in [0.15, 0.2) is 10.9 Å². The van der Waals surface area contributed by atoms with Crippen LogP contribution in [0.4, 0.5) is 0 Å². The van der Waals surface area contributed by atoms with Gasteiger partial charge in [0.2, 0.25) is 0 Å². The van der Waals surface area contributed by atoms with Crippen LogP contribution in [0.15, 0.2) is 65.9 Å². The summed E-state index contributed by atoms with van der Waals surface area (Å²) in [6.45, 7) is 8.67. The number of allylic oxidation sites excluding steroid dienone is 1. The van der Waals surface area contributed by atoms with Gasteiger partial charge in [-0.05, 0) is 46.0 Å². The fourth-order valence-electron chi connectivity index (χ4n) is 3.51. The van der Waals surface area contributed by atoms with E-state index in [1.54, 1.807) is 0 Å². The second-order valence-electron chi connectivity index (χ2n) is 7.03. The number of hydrogen-bond acceptors (Lipinski definition) is 3. The van der Waals surface area contributed by atoms with E-state index >= 15 is 0 Å². The summed E-state index contributed by atoms with van der Waals surface area (Å²) in [5.41, 5.74) is 3.15. The molecule has 3 rings (SSSR count). The number of hydrogen-bond donors (Lipinski definition) is 1. The molecular formula is C23H26N2O2S. The molecule has 1 aliphatic heterocycles. The fourth-order valence-corrected chi connectivity index (χ4v) is 3.90. The molecule has 146 valence electrons. The molecule has 1 N–H and O–H groups in total. The standard InChI is InChI=1S/C23H26N2O2S/c1-5-25-16(4)20(22(26)17-11-7-6-8-12-17)21(24-23(25)28)18-13-9-10-14-19(18)27-15(2)3/h6-15,21H,5H2,1-4H3,(H,24,28). The highest BCUT2D eigenvalue weighted by Gasteiger charge is 2.35. The van der Waals surface area contributed by atoms with Crippen LogP contribution in [-0.4, -0.2) is 28.4 Å². The van der Waals surface area contributed by atoms with Crippen LogP contribution in [0.5, 0.6) is 5.75 Å². The van der Waals surface area contributed by atoms with Crippen molar-refractivity contribution >= 4 is 23.1 Å². The maximum absolute atomic E-state index is 13.5. The number of nitrogens with one attached hydrogen (secondary N) is 1. The van der Waals surface area contributed by atoms with E-state index in [0.717, 1.165) is 17.0 Å². The Morgan fingerprint density at radius 3 is 2.43 bits per heavy atom. The van der Waals surface area contributed by atoms with Gasteiger partial charge in [-0.25, -0.2) is 0 Å². The lowest BCUT2D eigenvalue weighted by molar-refractivity contribution is 0.102. The minimum atomic E-state index is -0.363. The Morgan fingerprint density at radius 1 is 1.14 bits per heavy atom. The van der Waals surface area contributed by atoms with Gasteiger partial charge in [-0.3, -0.25) is 4.79 Å². The number of benzene rings is 2. The SMILES string of the molecule is CCN1C(=S)NC(c2ccccc2OC(C)C)C(C(=O)c2ccccc2)=C1C. The van der Waals surface area contributed by atoms with Gasteiger partial charge in [0.1, 0.15) is 5.75 Å². The van der Waals surface area contributed by atoms with Crippen molar-refractivity contribution in [3.05, 3.63) is 77.0 Å². The lowest BCUT2D eigenvalue weighted by atomic mass is 9.88. The van der Waals surface area contributed by atoms with Crippen molar-refractivity contribution in [2.45, 2.75) is 39.8 Å². The van der Waals surface area contributed by atoms with E-state index in [9.17, 15) is 4.79 Å². The first-order valence-corrected chi connectivity index (χ1v) is 9.99. The zero-order chi connectivity index (χ0) is 20.3. The van der Waals surface area contributed by atoms with Crippen LogP contribution in [0.2, 0.25) is 0 Å². The molecule has 0 aromatic heterocycles. The molecule has 1 heterocycles. The van der Waals surface area contributed by atoms with E-state index in [4.69, 9.17) is 17.0 Å². The predicted molar refractivity (Wildman–Crippen MR) is 117 cm³/mol. The molecule has 0 saturated carbocycles. The molecule has 0 spiro atoms. The van der Waals surface area contributed by atoms with Gasteiger partial charge in [0.05, 0.1) is 12.1 Å². The molecule has 0 amide bonds. The van der Waals surface area contributed by atoms with Crippen LogP contribution in [0.3, 0.4) is 0 Å². The molecule has 1 atom stereocenters. The van der Waals surface area contributed by atoms with Crippen molar-refractivity contribution in [1.29, 1.82) is 0 Å². The largest absolute Gasteiger partial charge is 0.491 e. The van der Waals surface area contributed by atoms with Crippen molar-refractivity contribution in [1.82, 2.24) is 10.2 Å². The topological polar surface area (TPSA) is 41.6 Å². The van der Waals surface area contributed by atoms with E-state index in [1.165, 1.54) is 0 Å². The van der Waals surface area contributed by atoms with Crippen molar-refractivity contribution in [2.24, 2.45) is 0 Å². The normalized spacial score (nSPS) is 17.0. The van der Waals surface area contributed by atoms with E-state index in [2.05, 4.69) is 5.32 Å². The third-order valence-corrected chi connectivity index (χ3v) is 5.12. The molecular weight excluding hydrogens is 368 g/mol. The minimum Gasteiger partial charge on any atom is -0.491 e. The van der Waals surface area contributed by atoms with Gasteiger partial charge in [-0.1, -0.05) is 48.5 Å². The molecule has 2 aromatic carbocycles. The first kappa shape index (κ1) is 20.1. The summed E-state index contributed by atoms with van der Waals surface area (Å²) < 4.78 is 6.03. The molecule has 1 aliphatic rings. The van der Waals surface area contributed by atoms with Crippen molar-refractivity contribution in [2.75, 3.05) is 6.54 Å². The first-order valence-electron chi connectivity index (χ1n) is 9.58. The number of ether oxygens (including phenoxy) is 1. The Labute approximate surface area is 172 Å². The van der Waals surface area contributed by atoms with E-state index in [-0.39, 0.29) is 17.9 Å². The molecule has 0 radical (unpaired) electrons. The Hall–Kier alpha value is -2.66. The maximum atomic E-state index is 13.5. The van der Waals surface area contributed by atoms with E-state index in [1.807, 2.05) is 87.2 Å². The Bertz CT molecular complexity index is 906. The molecule has 5 heteroatoms. The highest BCUT2D eigenvalue weighted by atomic mass is 32.1. The number of ketones is 1. The summed E-state index contributed by atoms with van der Waals surface area (Å²) in [6.07, 6.45) is 0.0298. The molecule has 0 saturated heterocycles. The van der Waals surface area contributed by atoms with Gasteiger partial charge in [-0.2, -0.15) is 0 Å². The van der Waals surface area contributed by atoms with Gasteiger partial charge in [0, 0.05) is 28.9 Å². The Balaban J connectivity index is 2.15. The zero-order valence-corrected chi connectivity index (χ0v) is 17.5. The van der Waals surface area contributed by atoms with Gasteiger partial charge >= 0.3 is 0 Å². The molecule has 0 bridgehead atoms. The summed E-state index contributed by atoms with van der Waals surface area (Å²) in [5.74, 6) is 0.754. The van der Waals surface area contributed by atoms with Crippen LogP contribution >= 0.6 is 12.2 Å². The van der Waals surface area contributed by atoms with Crippen LogP contribution < -0.4 is 10.1 Å². The molecule has 28 heavy (non-hydrogen) atoms. The number of rotatable bonds is 6. The maximum Gasteiger partial charge on any atom is 0.193 e. The molecule has 4 nitrogen and oxygen atoms in total. The van der Waals surface area contributed by atoms with E-state index in [0.29, 0.717) is 22.8 Å². The predicted octanol–water partition coefficient (Wildman–Crippen LogP) is 4.88. The van der Waals surface area contributed by atoms with E-state index < -0.39 is 0 Å². The fraction of sp³-hybridized carbons (Fsp3) is 0.304. The van der Waals surface area contributed by atoms with Crippen LogP contribution in [0.1, 0.15) is 49.7 Å². The average molecular weight is 395 g/mol. The lowest BCUT2D eigenvalue weighted by Crippen LogP contribution is -2.47. The van der Waals surface area contributed by atoms with Crippen LogP contribution in [0.25, 0.3) is 0 Å². The summed E-state index contributed by atoms with van der Waals surface area (Å²) in [7, 11) is 0. The van der Waals surface area contributed by atoms with Crippen molar-refractivity contribution < 1.29 is 9.53 Å². The monoisotopic (exact) mass is 394 g/mol. The second-order valence-corrected chi connectivity index (χ2v) is 7.41. The van der Waals surface area contributed by atoms with Crippen LogP contribution in [0, 0.1) is 0 Å².